The molecule has 0 aliphatic heterocycles. The average Bonchev–Trinajstić information content (AvgIpc) is 2.66. The number of carbonyl (C=O) groups excluding carboxylic acids is 1. The smallest absolute Gasteiger partial charge is 0.261 e. The fraction of sp³-hybridized carbons (Fsp3) is 0.0952. The molecule has 0 aliphatic carbocycles. The Bertz CT molecular complexity index is 1130. The summed E-state index contributed by atoms with van der Waals surface area (Å²) in [6.45, 7) is 3.52. The molecule has 0 atom stereocenters. The number of rotatable bonds is 5. The van der Waals surface area contributed by atoms with Gasteiger partial charge in [0.25, 0.3) is 15.9 Å². The van der Waals surface area contributed by atoms with Crippen LogP contribution in [0.5, 0.6) is 0 Å². The lowest BCUT2D eigenvalue weighted by Crippen LogP contribution is -2.16. The van der Waals surface area contributed by atoms with Crippen molar-refractivity contribution in [3.63, 3.8) is 0 Å². The van der Waals surface area contributed by atoms with Crippen LogP contribution in [0.2, 0.25) is 0 Å². The molecule has 7 heteroatoms. The number of carbonyl (C=O) groups is 1. The predicted octanol–water partition coefficient (Wildman–Crippen LogP) is 4.50. The van der Waals surface area contributed by atoms with Crippen LogP contribution < -0.4 is 10.0 Å². The highest BCUT2D eigenvalue weighted by Gasteiger charge is 2.17. The number of sulfonamides is 1. The summed E-state index contributed by atoms with van der Waals surface area (Å²) in [6, 6.07) is 16.9. The third-order valence-corrected chi connectivity index (χ3v) is 5.52. The molecule has 28 heavy (non-hydrogen) atoms. The first-order chi connectivity index (χ1) is 13.2. The first-order valence-corrected chi connectivity index (χ1v) is 10.00. The van der Waals surface area contributed by atoms with Crippen LogP contribution >= 0.6 is 0 Å². The van der Waals surface area contributed by atoms with Gasteiger partial charge in [-0.2, -0.15) is 0 Å². The SMILES string of the molecule is Cc1ccc(NS(=O)(=O)c2cccc(C(=O)Nc3ccc(C)c(F)c3)c2)cc1. The van der Waals surface area contributed by atoms with Crippen molar-refractivity contribution in [3.8, 4) is 0 Å². The molecule has 1 amide bonds. The number of benzene rings is 3. The lowest BCUT2D eigenvalue weighted by molar-refractivity contribution is 0.102. The summed E-state index contributed by atoms with van der Waals surface area (Å²) in [5.41, 5.74) is 2.34. The van der Waals surface area contributed by atoms with Gasteiger partial charge in [0.2, 0.25) is 0 Å². The van der Waals surface area contributed by atoms with Crippen molar-refractivity contribution in [3.05, 3.63) is 89.2 Å². The zero-order chi connectivity index (χ0) is 20.3. The summed E-state index contributed by atoms with van der Waals surface area (Å²) in [4.78, 5) is 12.4. The second-order valence-electron chi connectivity index (χ2n) is 6.42. The Hall–Kier alpha value is -3.19. The molecule has 144 valence electrons. The van der Waals surface area contributed by atoms with Gasteiger partial charge in [0.15, 0.2) is 0 Å². The minimum Gasteiger partial charge on any atom is -0.322 e. The second kappa shape index (κ2) is 7.82. The first kappa shape index (κ1) is 19.6. The molecule has 3 rings (SSSR count). The van der Waals surface area contributed by atoms with E-state index >= 15 is 0 Å². The Morgan fingerprint density at radius 1 is 0.893 bits per heavy atom. The van der Waals surface area contributed by atoms with Gasteiger partial charge in [-0.25, -0.2) is 12.8 Å². The first-order valence-electron chi connectivity index (χ1n) is 8.52. The van der Waals surface area contributed by atoms with Gasteiger partial charge >= 0.3 is 0 Å². The van der Waals surface area contributed by atoms with Crippen LogP contribution in [0, 0.1) is 19.7 Å². The second-order valence-corrected chi connectivity index (χ2v) is 8.10. The highest BCUT2D eigenvalue weighted by atomic mass is 32.2. The Kier molecular flexibility index (Phi) is 5.46. The minimum absolute atomic E-state index is 0.0455. The average molecular weight is 398 g/mol. The summed E-state index contributed by atoms with van der Waals surface area (Å²) < 4.78 is 41.3. The number of nitrogens with one attached hydrogen (secondary N) is 2. The molecule has 0 radical (unpaired) electrons. The standard InChI is InChI=1S/C21H19FN2O3S/c1-14-6-9-17(10-7-14)24-28(26,27)19-5-3-4-16(12-19)21(25)23-18-11-8-15(2)20(22)13-18/h3-13,24H,1-2H3,(H,23,25). The summed E-state index contributed by atoms with van der Waals surface area (Å²) in [5, 5.41) is 2.57. The zero-order valence-electron chi connectivity index (χ0n) is 15.4. The van der Waals surface area contributed by atoms with Crippen LogP contribution in [0.4, 0.5) is 15.8 Å². The van der Waals surface area contributed by atoms with Crippen LogP contribution in [0.1, 0.15) is 21.5 Å². The third kappa shape index (κ3) is 4.55. The van der Waals surface area contributed by atoms with Crippen molar-refractivity contribution in [2.45, 2.75) is 18.7 Å². The van der Waals surface area contributed by atoms with Crippen LogP contribution in [0.25, 0.3) is 0 Å². The van der Waals surface area contributed by atoms with Gasteiger partial charge in [-0.05, 0) is 61.9 Å². The fourth-order valence-electron chi connectivity index (χ4n) is 2.51. The Morgan fingerprint density at radius 3 is 2.25 bits per heavy atom. The van der Waals surface area contributed by atoms with Gasteiger partial charge in [-0.15, -0.1) is 0 Å². The van der Waals surface area contributed by atoms with E-state index in [1.807, 2.05) is 6.92 Å². The molecule has 0 spiro atoms. The molecule has 0 heterocycles. The molecule has 0 aliphatic rings. The minimum atomic E-state index is -3.86. The molecule has 0 unspecified atom stereocenters. The number of hydrogen-bond acceptors (Lipinski definition) is 3. The molecule has 0 aromatic heterocycles. The Balaban J connectivity index is 1.81. The van der Waals surface area contributed by atoms with E-state index in [0.29, 0.717) is 16.9 Å². The number of aryl methyl sites for hydroxylation is 2. The molecule has 3 aromatic carbocycles. The lowest BCUT2D eigenvalue weighted by Gasteiger charge is -2.10. The van der Waals surface area contributed by atoms with Gasteiger partial charge < -0.3 is 5.32 Å². The van der Waals surface area contributed by atoms with Gasteiger partial charge in [-0.1, -0.05) is 29.8 Å². The van der Waals surface area contributed by atoms with Crippen molar-refractivity contribution in [1.29, 1.82) is 0 Å². The van der Waals surface area contributed by atoms with Crippen molar-refractivity contribution >= 4 is 27.3 Å². The summed E-state index contributed by atoms with van der Waals surface area (Å²) in [5.74, 6) is -0.966. The van der Waals surface area contributed by atoms with E-state index < -0.39 is 21.7 Å². The van der Waals surface area contributed by atoms with Gasteiger partial charge in [-0.3, -0.25) is 9.52 Å². The molecule has 0 bridgehead atoms. The molecule has 2 N–H and O–H groups in total. The monoisotopic (exact) mass is 398 g/mol. The van der Waals surface area contributed by atoms with Crippen LogP contribution in [0.3, 0.4) is 0 Å². The number of halogens is 1. The van der Waals surface area contributed by atoms with Gasteiger partial charge in [0, 0.05) is 16.9 Å². The lowest BCUT2D eigenvalue weighted by atomic mass is 10.2. The quantitative estimate of drug-likeness (QED) is 0.665. The number of anilines is 2. The van der Waals surface area contributed by atoms with Crippen LogP contribution in [-0.4, -0.2) is 14.3 Å². The van der Waals surface area contributed by atoms with Crippen molar-refractivity contribution in [2.75, 3.05) is 10.0 Å². The molecule has 0 saturated carbocycles. The largest absolute Gasteiger partial charge is 0.322 e. The molecule has 5 nitrogen and oxygen atoms in total. The summed E-state index contributed by atoms with van der Waals surface area (Å²) in [6.07, 6.45) is 0. The number of amides is 1. The van der Waals surface area contributed by atoms with Crippen LogP contribution in [0.15, 0.2) is 71.6 Å². The van der Waals surface area contributed by atoms with E-state index in [0.717, 1.165) is 5.56 Å². The van der Waals surface area contributed by atoms with E-state index in [1.165, 1.54) is 30.3 Å². The molecule has 0 fully saturated rings. The Morgan fingerprint density at radius 2 is 1.57 bits per heavy atom. The Labute approximate surface area is 163 Å². The van der Waals surface area contributed by atoms with E-state index in [4.69, 9.17) is 0 Å². The number of hydrogen-bond donors (Lipinski definition) is 2. The van der Waals surface area contributed by atoms with Crippen molar-refractivity contribution in [1.82, 2.24) is 0 Å². The highest BCUT2D eigenvalue weighted by molar-refractivity contribution is 7.92. The maximum atomic E-state index is 13.6. The van der Waals surface area contributed by atoms with Gasteiger partial charge in [0.05, 0.1) is 4.90 Å². The summed E-state index contributed by atoms with van der Waals surface area (Å²) in [7, 11) is -3.86. The van der Waals surface area contributed by atoms with E-state index in [2.05, 4.69) is 10.0 Å². The summed E-state index contributed by atoms with van der Waals surface area (Å²) >= 11 is 0. The van der Waals surface area contributed by atoms with Crippen molar-refractivity contribution in [2.24, 2.45) is 0 Å². The third-order valence-electron chi connectivity index (χ3n) is 4.14. The van der Waals surface area contributed by atoms with Crippen LogP contribution in [-0.2, 0) is 10.0 Å². The van der Waals surface area contributed by atoms with Gasteiger partial charge in [0.1, 0.15) is 5.82 Å². The molecule has 0 saturated heterocycles. The van der Waals surface area contributed by atoms with E-state index in [-0.39, 0.29) is 10.5 Å². The maximum Gasteiger partial charge on any atom is 0.261 e. The zero-order valence-corrected chi connectivity index (χ0v) is 16.2. The maximum absolute atomic E-state index is 13.6. The fourth-order valence-corrected chi connectivity index (χ4v) is 3.62. The van der Waals surface area contributed by atoms with E-state index in [9.17, 15) is 17.6 Å². The highest BCUT2D eigenvalue weighted by Crippen LogP contribution is 2.19. The van der Waals surface area contributed by atoms with E-state index in [1.54, 1.807) is 43.3 Å². The topological polar surface area (TPSA) is 75.3 Å². The van der Waals surface area contributed by atoms with Crippen molar-refractivity contribution < 1.29 is 17.6 Å². The normalized spacial score (nSPS) is 11.1. The molecular weight excluding hydrogens is 379 g/mol. The molecular formula is C21H19FN2O3S. The molecule has 3 aromatic rings. The predicted molar refractivity (Wildman–Crippen MR) is 108 cm³/mol.